The van der Waals surface area contributed by atoms with Gasteiger partial charge in [-0.15, -0.1) is 0 Å². The number of amides is 2. The number of phenols is 1. The Morgan fingerprint density at radius 1 is 0.872 bits per heavy atom. The van der Waals surface area contributed by atoms with Gasteiger partial charge < -0.3 is 25.8 Å². The molecular formula is C28H42N4O6S. The van der Waals surface area contributed by atoms with Crippen LogP contribution >= 0.6 is 0 Å². The predicted octanol–water partition coefficient (Wildman–Crippen LogP) is 4.51. The molecule has 2 aromatic carbocycles. The Bertz CT molecular complexity index is 1140. The van der Waals surface area contributed by atoms with Crippen molar-refractivity contribution >= 4 is 33.2 Å². The van der Waals surface area contributed by atoms with Crippen LogP contribution in [0.1, 0.15) is 71.1 Å². The number of primary sulfonamides is 1. The van der Waals surface area contributed by atoms with Gasteiger partial charge in [0.1, 0.15) is 11.5 Å². The summed E-state index contributed by atoms with van der Waals surface area (Å²) in [4.78, 5) is 24.5. The van der Waals surface area contributed by atoms with E-state index < -0.39 is 15.9 Å². The third-order valence-corrected chi connectivity index (χ3v) is 7.01. The van der Waals surface area contributed by atoms with Crippen LogP contribution in [0.25, 0.3) is 0 Å². The van der Waals surface area contributed by atoms with Gasteiger partial charge in [-0.3, -0.25) is 9.59 Å². The number of benzene rings is 2. The van der Waals surface area contributed by atoms with Gasteiger partial charge in [-0.25, -0.2) is 13.6 Å². The van der Waals surface area contributed by atoms with E-state index in [0.29, 0.717) is 23.7 Å². The van der Waals surface area contributed by atoms with Gasteiger partial charge in [-0.2, -0.15) is 0 Å². The number of unbranched alkanes of at least 4 members (excludes halogenated alkanes) is 9. The van der Waals surface area contributed by atoms with Gasteiger partial charge in [0.25, 0.3) is 5.91 Å². The maximum atomic E-state index is 12.3. The first-order chi connectivity index (χ1) is 18.7. The van der Waals surface area contributed by atoms with Crippen LogP contribution in [-0.2, 0) is 19.6 Å². The van der Waals surface area contributed by atoms with Crippen molar-refractivity contribution in [3.05, 3.63) is 42.5 Å². The minimum Gasteiger partial charge on any atom is -0.508 e. The van der Waals surface area contributed by atoms with E-state index in [2.05, 4.69) is 22.9 Å². The zero-order chi connectivity index (χ0) is 28.5. The summed E-state index contributed by atoms with van der Waals surface area (Å²) in [7, 11) is -3.82. The molecule has 39 heavy (non-hydrogen) atoms. The largest absolute Gasteiger partial charge is 0.508 e. The number of ether oxygens (including phenoxy) is 1. The molecule has 0 bridgehead atoms. The summed E-state index contributed by atoms with van der Waals surface area (Å²) in [5.41, 5.74) is 0.734. The highest BCUT2D eigenvalue weighted by Crippen LogP contribution is 2.28. The van der Waals surface area contributed by atoms with Gasteiger partial charge in [0.15, 0.2) is 6.61 Å². The van der Waals surface area contributed by atoms with Crippen LogP contribution in [0.5, 0.6) is 11.5 Å². The van der Waals surface area contributed by atoms with Gasteiger partial charge >= 0.3 is 0 Å². The Morgan fingerprint density at radius 3 is 2.10 bits per heavy atom. The molecule has 2 amide bonds. The molecule has 6 N–H and O–H groups in total. The van der Waals surface area contributed by atoms with Crippen molar-refractivity contribution in [1.82, 2.24) is 5.32 Å². The number of nitrogens with one attached hydrogen (secondary N) is 3. The highest BCUT2D eigenvalue weighted by atomic mass is 32.2. The van der Waals surface area contributed by atoms with E-state index in [1.807, 2.05) is 0 Å². The fourth-order valence-electron chi connectivity index (χ4n) is 3.93. The molecule has 0 fully saturated rings. The quantitative estimate of drug-likeness (QED) is 0.158. The zero-order valence-corrected chi connectivity index (χ0v) is 23.5. The number of carbonyl (C=O) groups excluding carboxylic acids is 2. The van der Waals surface area contributed by atoms with Crippen LogP contribution in [0.15, 0.2) is 47.4 Å². The Labute approximate surface area is 231 Å². The van der Waals surface area contributed by atoms with Crippen molar-refractivity contribution in [2.24, 2.45) is 5.14 Å². The molecule has 0 aliphatic heterocycles. The normalized spacial score (nSPS) is 11.1. The van der Waals surface area contributed by atoms with Crippen LogP contribution < -0.4 is 25.8 Å². The summed E-state index contributed by atoms with van der Waals surface area (Å²) in [5.74, 6) is -0.381. The van der Waals surface area contributed by atoms with Crippen molar-refractivity contribution in [1.29, 1.82) is 0 Å². The third-order valence-electron chi connectivity index (χ3n) is 6.08. The summed E-state index contributed by atoms with van der Waals surface area (Å²) in [5, 5.41) is 23.3. The lowest BCUT2D eigenvalue weighted by atomic mass is 10.1. The maximum absolute atomic E-state index is 12.3. The monoisotopic (exact) mass is 562 g/mol. The molecule has 2 aromatic rings. The van der Waals surface area contributed by atoms with Crippen molar-refractivity contribution in [2.75, 3.05) is 30.3 Å². The summed E-state index contributed by atoms with van der Waals surface area (Å²) in [6.07, 6.45) is 12.3. The summed E-state index contributed by atoms with van der Waals surface area (Å²) in [6.45, 7) is 2.46. The highest BCUT2D eigenvalue weighted by Gasteiger charge is 2.11. The predicted molar refractivity (Wildman–Crippen MR) is 153 cm³/mol. The molecule has 0 aromatic heterocycles. The molecule has 0 aliphatic carbocycles. The molecule has 0 heterocycles. The van der Waals surface area contributed by atoms with Crippen molar-refractivity contribution < 1.29 is 27.9 Å². The minimum absolute atomic E-state index is 0.0331. The fraction of sp³-hybridized carbons (Fsp3) is 0.500. The first-order valence-corrected chi connectivity index (χ1v) is 15.1. The lowest BCUT2D eigenvalue weighted by molar-refractivity contribution is -0.123. The topological polar surface area (TPSA) is 160 Å². The minimum atomic E-state index is -3.82. The molecule has 216 valence electrons. The van der Waals surface area contributed by atoms with E-state index in [-0.39, 0.29) is 29.7 Å². The van der Waals surface area contributed by atoms with Crippen LogP contribution in [0.2, 0.25) is 0 Å². The van der Waals surface area contributed by atoms with E-state index in [9.17, 15) is 23.1 Å². The van der Waals surface area contributed by atoms with Crippen LogP contribution in [0.4, 0.5) is 11.4 Å². The summed E-state index contributed by atoms with van der Waals surface area (Å²) in [6, 6.07) is 9.77. The number of phenolic OH excluding ortho intramolecular Hbond substituents is 1. The van der Waals surface area contributed by atoms with Crippen molar-refractivity contribution in [3.8, 4) is 11.5 Å². The number of carbonyl (C=O) groups is 2. The lowest BCUT2D eigenvalue weighted by Crippen LogP contribution is -2.30. The van der Waals surface area contributed by atoms with E-state index in [1.54, 1.807) is 0 Å². The SMILES string of the molecule is CCCCCCCCCCCCNC(=O)COc1ccc(O)cc1NCC(=O)Nc1ccc(S(N)(=O)=O)cc1. The number of aromatic hydroxyl groups is 1. The first-order valence-electron chi connectivity index (χ1n) is 13.6. The van der Waals surface area contributed by atoms with Gasteiger partial charge in [-0.05, 0) is 42.8 Å². The average molecular weight is 563 g/mol. The maximum Gasteiger partial charge on any atom is 0.257 e. The molecule has 0 saturated carbocycles. The van der Waals surface area contributed by atoms with Gasteiger partial charge in [0.2, 0.25) is 15.9 Å². The smallest absolute Gasteiger partial charge is 0.257 e. The van der Waals surface area contributed by atoms with E-state index in [1.165, 1.54) is 93.8 Å². The number of hydrogen-bond donors (Lipinski definition) is 5. The second-order valence-corrected chi connectivity index (χ2v) is 11.0. The van der Waals surface area contributed by atoms with Crippen LogP contribution in [0.3, 0.4) is 0 Å². The fourth-order valence-corrected chi connectivity index (χ4v) is 4.44. The summed E-state index contributed by atoms with van der Waals surface area (Å²) < 4.78 is 28.3. The van der Waals surface area contributed by atoms with Crippen molar-refractivity contribution in [3.63, 3.8) is 0 Å². The number of hydrogen-bond acceptors (Lipinski definition) is 7. The van der Waals surface area contributed by atoms with E-state index in [4.69, 9.17) is 9.88 Å². The number of rotatable bonds is 19. The van der Waals surface area contributed by atoms with E-state index in [0.717, 1.165) is 12.8 Å². The van der Waals surface area contributed by atoms with Crippen LogP contribution in [-0.4, -0.2) is 45.0 Å². The van der Waals surface area contributed by atoms with E-state index >= 15 is 0 Å². The second kappa shape index (κ2) is 17.3. The van der Waals surface area contributed by atoms with Gasteiger partial charge in [0.05, 0.1) is 17.1 Å². The first kappa shape index (κ1) is 31.9. The molecule has 0 unspecified atom stereocenters. The number of sulfonamides is 1. The molecule has 0 saturated heterocycles. The third kappa shape index (κ3) is 13.4. The highest BCUT2D eigenvalue weighted by molar-refractivity contribution is 7.89. The van der Waals surface area contributed by atoms with Gasteiger partial charge in [-0.1, -0.05) is 64.7 Å². The number of nitrogens with two attached hydrogens (primary N) is 1. The zero-order valence-electron chi connectivity index (χ0n) is 22.7. The average Bonchev–Trinajstić information content (AvgIpc) is 2.89. The molecule has 10 nitrogen and oxygen atoms in total. The molecule has 0 radical (unpaired) electrons. The molecule has 11 heteroatoms. The Kier molecular flexibility index (Phi) is 14.2. The Morgan fingerprint density at radius 2 is 1.49 bits per heavy atom. The molecule has 0 atom stereocenters. The molecular weight excluding hydrogens is 520 g/mol. The van der Waals surface area contributed by atoms with Crippen LogP contribution in [0, 0.1) is 0 Å². The second-order valence-electron chi connectivity index (χ2n) is 9.47. The summed E-state index contributed by atoms with van der Waals surface area (Å²) >= 11 is 0. The molecule has 2 rings (SSSR count). The van der Waals surface area contributed by atoms with Gasteiger partial charge in [0, 0.05) is 18.3 Å². The lowest BCUT2D eigenvalue weighted by Gasteiger charge is -2.14. The molecule has 0 aliphatic rings. The Hall–Kier alpha value is -3.31. The Balaban J connectivity index is 1.68. The standard InChI is InChI=1S/C28H42N4O6S/c1-2-3-4-5-6-7-8-9-10-11-18-30-28(35)21-38-26-17-14-23(33)19-25(26)31-20-27(34)32-22-12-15-24(16-13-22)39(29,36)37/h12-17,19,31,33H,2-11,18,20-21H2,1H3,(H,30,35)(H,32,34)(H2,29,36,37). The molecule has 0 spiro atoms. The number of anilines is 2. The van der Waals surface area contributed by atoms with Crippen molar-refractivity contribution in [2.45, 2.75) is 76.0 Å².